The lowest BCUT2D eigenvalue weighted by molar-refractivity contribution is -0.121. The molecular weight excluding hydrogens is 309 g/mol. The number of hydrogen-bond donors (Lipinski definition) is 2. The smallest absolute Gasteiger partial charge is 0.220 e. The fourth-order valence-corrected chi connectivity index (χ4v) is 2.69. The highest BCUT2D eigenvalue weighted by atomic mass is 35.5. The van der Waals surface area contributed by atoms with E-state index in [4.69, 9.17) is 0 Å². The molecule has 6 heteroatoms. The lowest BCUT2D eigenvalue weighted by Gasteiger charge is -2.22. The number of nitrogens with zero attached hydrogens (tertiary/aromatic N) is 1. The van der Waals surface area contributed by atoms with Crippen molar-refractivity contribution in [1.29, 1.82) is 0 Å². The predicted octanol–water partition coefficient (Wildman–Crippen LogP) is 2.46. The molecule has 1 fully saturated rings. The minimum Gasteiger partial charge on any atom is -0.355 e. The standard InChI is InChI=1S/C15H31N3O.2ClH/c1-3-12-18(4-2)13-11-17-15(19)6-5-14-7-9-16-10-8-14;;/h14,16H,3-13H2,1-2H3,(H,17,19);2*1H. The van der Waals surface area contributed by atoms with Crippen LogP contribution in [0.3, 0.4) is 0 Å². The monoisotopic (exact) mass is 341 g/mol. The maximum absolute atomic E-state index is 11.8. The molecule has 1 heterocycles. The number of piperidine rings is 1. The van der Waals surface area contributed by atoms with E-state index in [1.165, 1.54) is 19.3 Å². The summed E-state index contributed by atoms with van der Waals surface area (Å²) in [6.07, 6.45) is 5.39. The van der Waals surface area contributed by atoms with Crippen molar-refractivity contribution in [3.05, 3.63) is 0 Å². The largest absolute Gasteiger partial charge is 0.355 e. The Labute approximate surface area is 142 Å². The van der Waals surface area contributed by atoms with Crippen molar-refractivity contribution in [3.8, 4) is 0 Å². The summed E-state index contributed by atoms with van der Waals surface area (Å²) in [6, 6.07) is 0. The van der Waals surface area contributed by atoms with Gasteiger partial charge in [0.15, 0.2) is 0 Å². The summed E-state index contributed by atoms with van der Waals surface area (Å²) in [5.74, 6) is 0.977. The first kappa shape index (κ1) is 23.2. The van der Waals surface area contributed by atoms with E-state index in [0.29, 0.717) is 6.42 Å². The summed E-state index contributed by atoms with van der Waals surface area (Å²) in [6.45, 7) is 10.6. The number of carbonyl (C=O) groups is 1. The van der Waals surface area contributed by atoms with Crippen molar-refractivity contribution >= 4 is 30.7 Å². The fourth-order valence-electron chi connectivity index (χ4n) is 2.69. The Balaban J connectivity index is 0. The number of nitrogens with one attached hydrogen (secondary N) is 2. The third kappa shape index (κ3) is 11.2. The number of hydrogen-bond acceptors (Lipinski definition) is 3. The Morgan fingerprint density at radius 2 is 1.86 bits per heavy atom. The average Bonchev–Trinajstić information content (AvgIpc) is 2.45. The van der Waals surface area contributed by atoms with Gasteiger partial charge in [-0.15, -0.1) is 24.8 Å². The Bertz CT molecular complexity index is 249. The van der Waals surface area contributed by atoms with Crippen LogP contribution in [0.5, 0.6) is 0 Å². The van der Waals surface area contributed by atoms with Crippen LogP contribution >= 0.6 is 24.8 Å². The Morgan fingerprint density at radius 3 is 2.43 bits per heavy atom. The summed E-state index contributed by atoms with van der Waals surface area (Å²) < 4.78 is 0. The minimum absolute atomic E-state index is 0. The van der Waals surface area contributed by atoms with Gasteiger partial charge in [0.25, 0.3) is 0 Å². The number of amides is 1. The molecule has 4 nitrogen and oxygen atoms in total. The average molecular weight is 342 g/mol. The van der Waals surface area contributed by atoms with Gasteiger partial charge in [0, 0.05) is 19.5 Å². The van der Waals surface area contributed by atoms with E-state index in [0.717, 1.165) is 51.6 Å². The second-order valence-electron chi connectivity index (χ2n) is 5.52. The second kappa shape index (κ2) is 14.9. The van der Waals surface area contributed by atoms with E-state index in [1.807, 2.05) is 0 Å². The number of likely N-dealkylation sites (N-methyl/N-ethyl adjacent to an activating group) is 1. The first-order valence-corrected chi connectivity index (χ1v) is 7.96. The summed E-state index contributed by atoms with van der Waals surface area (Å²) in [5, 5.41) is 6.41. The molecule has 1 aliphatic rings. The molecular formula is C15H33Cl2N3O. The van der Waals surface area contributed by atoms with Crippen LogP contribution in [-0.2, 0) is 4.79 Å². The molecule has 1 aliphatic heterocycles. The van der Waals surface area contributed by atoms with Crippen LogP contribution < -0.4 is 10.6 Å². The zero-order valence-corrected chi connectivity index (χ0v) is 15.2. The number of halogens is 2. The van der Waals surface area contributed by atoms with Crippen molar-refractivity contribution in [2.75, 3.05) is 39.3 Å². The van der Waals surface area contributed by atoms with E-state index in [9.17, 15) is 4.79 Å². The van der Waals surface area contributed by atoms with Gasteiger partial charge in [0.1, 0.15) is 0 Å². The van der Waals surface area contributed by atoms with Crippen molar-refractivity contribution in [3.63, 3.8) is 0 Å². The van der Waals surface area contributed by atoms with E-state index in [1.54, 1.807) is 0 Å². The quantitative estimate of drug-likeness (QED) is 0.677. The van der Waals surface area contributed by atoms with Gasteiger partial charge < -0.3 is 15.5 Å². The predicted molar refractivity (Wildman–Crippen MR) is 94.7 cm³/mol. The molecule has 0 aliphatic carbocycles. The van der Waals surface area contributed by atoms with Gasteiger partial charge in [-0.1, -0.05) is 13.8 Å². The summed E-state index contributed by atoms with van der Waals surface area (Å²) in [7, 11) is 0. The highest BCUT2D eigenvalue weighted by Gasteiger charge is 2.14. The molecule has 0 spiro atoms. The van der Waals surface area contributed by atoms with Crippen molar-refractivity contribution in [2.24, 2.45) is 5.92 Å². The molecule has 21 heavy (non-hydrogen) atoms. The second-order valence-corrected chi connectivity index (χ2v) is 5.52. The normalized spacial score (nSPS) is 15.2. The van der Waals surface area contributed by atoms with E-state index >= 15 is 0 Å². The molecule has 0 radical (unpaired) electrons. The number of rotatable bonds is 9. The van der Waals surface area contributed by atoms with Crippen molar-refractivity contribution in [1.82, 2.24) is 15.5 Å². The molecule has 0 aromatic rings. The molecule has 1 rings (SSSR count). The zero-order chi connectivity index (χ0) is 13.9. The fraction of sp³-hybridized carbons (Fsp3) is 0.933. The molecule has 0 atom stereocenters. The van der Waals surface area contributed by atoms with Crippen LogP contribution in [0.4, 0.5) is 0 Å². The highest BCUT2D eigenvalue weighted by molar-refractivity contribution is 5.85. The van der Waals surface area contributed by atoms with E-state index in [2.05, 4.69) is 29.4 Å². The Morgan fingerprint density at radius 1 is 1.19 bits per heavy atom. The molecule has 1 amide bonds. The van der Waals surface area contributed by atoms with Gasteiger partial charge >= 0.3 is 0 Å². The van der Waals surface area contributed by atoms with Crippen LogP contribution in [0, 0.1) is 5.92 Å². The van der Waals surface area contributed by atoms with Gasteiger partial charge in [-0.05, 0) is 57.8 Å². The minimum atomic E-state index is 0. The maximum Gasteiger partial charge on any atom is 0.220 e. The van der Waals surface area contributed by atoms with Gasteiger partial charge in [-0.25, -0.2) is 0 Å². The van der Waals surface area contributed by atoms with Crippen LogP contribution in [-0.4, -0.2) is 50.1 Å². The maximum atomic E-state index is 11.8. The molecule has 0 bridgehead atoms. The highest BCUT2D eigenvalue weighted by Crippen LogP contribution is 2.17. The van der Waals surface area contributed by atoms with Gasteiger partial charge in [-0.2, -0.15) is 0 Å². The first-order chi connectivity index (χ1) is 9.26. The van der Waals surface area contributed by atoms with Gasteiger partial charge in [0.2, 0.25) is 5.91 Å². The Hall–Kier alpha value is -0.0300. The molecule has 0 aromatic carbocycles. The number of carbonyl (C=O) groups excluding carboxylic acids is 1. The topological polar surface area (TPSA) is 44.4 Å². The first-order valence-electron chi connectivity index (χ1n) is 7.96. The summed E-state index contributed by atoms with van der Waals surface area (Å²) in [4.78, 5) is 14.2. The molecule has 0 unspecified atom stereocenters. The SMILES string of the molecule is CCCN(CC)CCNC(=O)CCC1CCNCC1.Cl.Cl. The molecule has 1 saturated heterocycles. The lowest BCUT2D eigenvalue weighted by Crippen LogP contribution is -2.35. The lowest BCUT2D eigenvalue weighted by atomic mass is 9.93. The molecule has 0 aromatic heterocycles. The third-order valence-electron chi connectivity index (χ3n) is 3.98. The van der Waals surface area contributed by atoms with Crippen LogP contribution in [0.2, 0.25) is 0 Å². The van der Waals surface area contributed by atoms with Crippen molar-refractivity contribution < 1.29 is 4.79 Å². The summed E-state index contributed by atoms with van der Waals surface area (Å²) >= 11 is 0. The van der Waals surface area contributed by atoms with Gasteiger partial charge in [-0.3, -0.25) is 4.79 Å². The van der Waals surface area contributed by atoms with Crippen LogP contribution in [0.15, 0.2) is 0 Å². The van der Waals surface area contributed by atoms with Crippen molar-refractivity contribution in [2.45, 2.75) is 46.0 Å². The van der Waals surface area contributed by atoms with E-state index < -0.39 is 0 Å². The molecule has 2 N–H and O–H groups in total. The third-order valence-corrected chi connectivity index (χ3v) is 3.98. The zero-order valence-electron chi connectivity index (χ0n) is 13.5. The summed E-state index contributed by atoms with van der Waals surface area (Å²) in [5.41, 5.74) is 0. The molecule has 128 valence electrons. The van der Waals surface area contributed by atoms with Gasteiger partial charge in [0.05, 0.1) is 0 Å². The van der Waals surface area contributed by atoms with Crippen LogP contribution in [0.25, 0.3) is 0 Å². The van der Waals surface area contributed by atoms with Crippen LogP contribution in [0.1, 0.15) is 46.0 Å². The Kier molecular flexibility index (Phi) is 16.5. The molecule has 0 saturated carbocycles. The van der Waals surface area contributed by atoms with E-state index in [-0.39, 0.29) is 30.7 Å².